The molecule has 162 valence electrons. The predicted octanol–water partition coefficient (Wildman–Crippen LogP) is 4.39. The number of benzene rings is 2. The number of fused-ring (bicyclic) bond motifs is 1. The summed E-state index contributed by atoms with van der Waals surface area (Å²) in [6.07, 6.45) is 5.35. The SMILES string of the molecule is O=C(C1CCN(Cc2nc3ccccc3n2-c2ccc(F)cc2)CC1)N1CCCCC1. The van der Waals surface area contributed by atoms with Gasteiger partial charge in [-0.05, 0) is 81.6 Å². The first-order valence-corrected chi connectivity index (χ1v) is 11.4. The number of likely N-dealkylation sites (tertiary alicyclic amines) is 2. The van der Waals surface area contributed by atoms with Gasteiger partial charge in [0, 0.05) is 24.7 Å². The number of aromatic nitrogens is 2. The van der Waals surface area contributed by atoms with Crippen molar-refractivity contribution >= 4 is 16.9 Å². The van der Waals surface area contributed by atoms with Crippen molar-refractivity contribution in [2.24, 2.45) is 5.92 Å². The summed E-state index contributed by atoms with van der Waals surface area (Å²) < 4.78 is 15.6. The molecule has 6 heteroatoms. The Hall–Kier alpha value is -2.73. The lowest BCUT2D eigenvalue weighted by molar-refractivity contribution is -0.138. The average Bonchev–Trinajstić information content (AvgIpc) is 3.18. The Kier molecular flexibility index (Phi) is 5.72. The zero-order valence-electron chi connectivity index (χ0n) is 17.8. The molecule has 0 aliphatic carbocycles. The van der Waals surface area contributed by atoms with Crippen LogP contribution in [0.2, 0.25) is 0 Å². The van der Waals surface area contributed by atoms with Gasteiger partial charge in [-0.2, -0.15) is 0 Å². The number of hydrogen-bond donors (Lipinski definition) is 0. The maximum Gasteiger partial charge on any atom is 0.225 e. The molecule has 0 bridgehead atoms. The minimum absolute atomic E-state index is 0.158. The second-order valence-corrected chi connectivity index (χ2v) is 8.76. The van der Waals surface area contributed by atoms with Gasteiger partial charge in [0.1, 0.15) is 11.6 Å². The van der Waals surface area contributed by atoms with Crippen molar-refractivity contribution in [2.75, 3.05) is 26.2 Å². The van der Waals surface area contributed by atoms with Crippen LogP contribution in [0.4, 0.5) is 4.39 Å². The van der Waals surface area contributed by atoms with Gasteiger partial charge in [0.2, 0.25) is 5.91 Å². The van der Waals surface area contributed by atoms with E-state index in [-0.39, 0.29) is 11.7 Å². The lowest BCUT2D eigenvalue weighted by atomic mass is 9.94. The number of hydrogen-bond acceptors (Lipinski definition) is 3. The number of carbonyl (C=O) groups is 1. The van der Waals surface area contributed by atoms with Crippen molar-refractivity contribution in [1.82, 2.24) is 19.4 Å². The van der Waals surface area contributed by atoms with E-state index in [1.54, 1.807) is 12.1 Å². The fourth-order valence-electron chi connectivity index (χ4n) is 4.97. The fourth-order valence-corrected chi connectivity index (χ4v) is 4.97. The Bertz CT molecular complexity index is 1050. The first kappa shape index (κ1) is 20.2. The number of rotatable bonds is 4. The lowest BCUT2D eigenvalue weighted by Gasteiger charge is -2.35. The quantitative estimate of drug-likeness (QED) is 0.629. The monoisotopic (exact) mass is 420 g/mol. The number of nitrogens with zero attached hydrogens (tertiary/aromatic N) is 4. The molecule has 0 radical (unpaired) electrons. The van der Waals surface area contributed by atoms with Gasteiger partial charge in [0.15, 0.2) is 0 Å². The lowest BCUT2D eigenvalue weighted by Crippen LogP contribution is -2.44. The van der Waals surface area contributed by atoms with E-state index in [9.17, 15) is 9.18 Å². The highest BCUT2D eigenvalue weighted by molar-refractivity contribution is 5.79. The van der Waals surface area contributed by atoms with E-state index in [2.05, 4.69) is 20.4 Å². The molecule has 2 aliphatic rings. The van der Waals surface area contributed by atoms with Gasteiger partial charge >= 0.3 is 0 Å². The number of amides is 1. The number of carbonyl (C=O) groups excluding carboxylic acids is 1. The normalized spacial score (nSPS) is 18.5. The Labute approximate surface area is 182 Å². The highest BCUT2D eigenvalue weighted by atomic mass is 19.1. The van der Waals surface area contributed by atoms with Crippen LogP contribution < -0.4 is 0 Å². The van der Waals surface area contributed by atoms with E-state index in [0.717, 1.165) is 81.0 Å². The Morgan fingerprint density at radius 3 is 2.39 bits per heavy atom. The number of piperidine rings is 2. The summed E-state index contributed by atoms with van der Waals surface area (Å²) in [6, 6.07) is 14.7. The molecule has 2 fully saturated rings. The molecule has 2 aliphatic heterocycles. The number of halogens is 1. The number of para-hydroxylation sites is 2. The fraction of sp³-hybridized carbons (Fsp3) is 0.440. The minimum Gasteiger partial charge on any atom is -0.342 e. The van der Waals surface area contributed by atoms with Gasteiger partial charge in [-0.25, -0.2) is 9.37 Å². The third-order valence-corrected chi connectivity index (χ3v) is 6.68. The van der Waals surface area contributed by atoms with Crippen molar-refractivity contribution in [3.05, 3.63) is 60.2 Å². The van der Waals surface area contributed by atoms with Crippen molar-refractivity contribution in [2.45, 2.75) is 38.6 Å². The smallest absolute Gasteiger partial charge is 0.225 e. The second kappa shape index (κ2) is 8.79. The Morgan fingerprint density at radius 1 is 0.935 bits per heavy atom. The molecule has 2 aromatic carbocycles. The molecule has 5 rings (SSSR count). The summed E-state index contributed by atoms with van der Waals surface area (Å²) in [6.45, 7) is 4.38. The molecule has 0 atom stereocenters. The molecular formula is C25H29FN4O. The van der Waals surface area contributed by atoms with Crippen molar-refractivity contribution < 1.29 is 9.18 Å². The van der Waals surface area contributed by atoms with Gasteiger partial charge in [-0.15, -0.1) is 0 Å². The van der Waals surface area contributed by atoms with Gasteiger partial charge in [-0.3, -0.25) is 14.3 Å². The zero-order valence-corrected chi connectivity index (χ0v) is 17.8. The molecule has 0 unspecified atom stereocenters. The number of imidazole rings is 1. The summed E-state index contributed by atoms with van der Waals surface area (Å²) in [5.41, 5.74) is 2.89. The van der Waals surface area contributed by atoms with Crippen LogP contribution in [0.15, 0.2) is 48.5 Å². The highest BCUT2D eigenvalue weighted by Gasteiger charge is 2.29. The van der Waals surface area contributed by atoms with Crippen molar-refractivity contribution in [3.8, 4) is 5.69 Å². The molecule has 2 saturated heterocycles. The van der Waals surface area contributed by atoms with Crippen LogP contribution in [0.25, 0.3) is 16.7 Å². The molecule has 5 nitrogen and oxygen atoms in total. The third-order valence-electron chi connectivity index (χ3n) is 6.68. The molecular weight excluding hydrogens is 391 g/mol. The van der Waals surface area contributed by atoms with E-state index in [1.807, 2.05) is 18.2 Å². The average molecular weight is 421 g/mol. The van der Waals surface area contributed by atoms with Crippen LogP contribution in [0.1, 0.15) is 37.9 Å². The van der Waals surface area contributed by atoms with E-state index in [1.165, 1.54) is 18.6 Å². The summed E-state index contributed by atoms with van der Waals surface area (Å²) in [5.74, 6) is 1.23. The van der Waals surface area contributed by atoms with Gasteiger partial charge in [0.05, 0.1) is 17.6 Å². The third kappa shape index (κ3) is 4.22. The Balaban J connectivity index is 1.32. The maximum absolute atomic E-state index is 13.5. The van der Waals surface area contributed by atoms with Crippen molar-refractivity contribution in [3.63, 3.8) is 0 Å². The predicted molar refractivity (Wildman–Crippen MR) is 119 cm³/mol. The van der Waals surface area contributed by atoms with E-state index < -0.39 is 0 Å². The molecule has 0 spiro atoms. The molecule has 3 aromatic rings. The van der Waals surface area contributed by atoms with Crippen molar-refractivity contribution in [1.29, 1.82) is 0 Å². The van der Waals surface area contributed by atoms with Gasteiger partial charge in [0.25, 0.3) is 0 Å². The molecule has 31 heavy (non-hydrogen) atoms. The van der Waals surface area contributed by atoms with Crippen LogP contribution in [-0.4, -0.2) is 51.4 Å². The summed E-state index contributed by atoms with van der Waals surface area (Å²) in [4.78, 5) is 22.2. The first-order valence-electron chi connectivity index (χ1n) is 11.4. The van der Waals surface area contributed by atoms with Crippen LogP contribution >= 0.6 is 0 Å². The Morgan fingerprint density at radius 2 is 1.65 bits per heavy atom. The topological polar surface area (TPSA) is 41.4 Å². The van der Waals surface area contributed by atoms with Gasteiger partial charge < -0.3 is 4.90 Å². The molecule has 1 amide bonds. The highest BCUT2D eigenvalue weighted by Crippen LogP contribution is 2.26. The zero-order chi connectivity index (χ0) is 21.2. The largest absolute Gasteiger partial charge is 0.342 e. The summed E-state index contributed by atoms with van der Waals surface area (Å²) in [5, 5.41) is 0. The standard InChI is InChI=1S/C25H29FN4O/c26-20-8-10-21(11-9-20)30-23-7-3-2-6-22(23)27-24(30)18-28-16-12-19(13-17-28)25(31)29-14-4-1-5-15-29/h2-3,6-11,19H,1,4-5,12-18H2. The van der Waals surface area contributed by atoms with Crippen LogP contribution in [-0.2, 0) is 11.3 Å². The molecule has 0 saturated carbocycles. The molecule has 3 heterocycles. The van der Waals surface area contributed by atoms with E-state index in [4.69, 9.17) is 4.98 Å². The molecule has 0 N–H and O–H groups in total. The van der Waals surface area contributed by atoms with Gasteiger partial charge in [-0.1, -0.05) is 12.1 Å². The van der Waals surface area contributed by atoms with Crippen LogP contribution in [0.5, 0.6) is 0 Å². The van der Waals surface area contributed by atoms with Crippen LogP contribution in [0, 0.1) is 11.7 Å². The minimum atomic E-state index is -0.241. The molecule has 1 aromatic heterocycles. The van der Waals surface area contributed by atoms with Crippen LogP contribution in [0.3, 0.4) is 0 Å². The van der Waals surface area contributed by atoms with E-state index in [0.29, 0.717) is 5.91 Å². The maximum atomic E-state index is 13.5. The van der Waals surface area contributed by atoms with E-state index >= 15 is 0 Å². The summed E-state index contributed by atoms with van der Waals surface area (Å²) >= 11 is 0. The summed E-state index contributed by atoms with van der Waals surface area (Å²) in [7, 11) is 0. The second-order valence-electron chi connectivity index (χ2n) is 8.76. The first-order chi connectivity index (χ1) is 15.2.